The van der Waals surface area contributed by atoms with Gasteiger partial charge < -0.3 is 20.5 Å². The van der Waals surface area contributed by atoms with E-state index in [1.54, 1.807) is 0 Å². The van der Waals surface area contributed by atoms with Gasteiger partial charge >= 0.3 is 0 Å². The van der Waals surface area contributed by atoms with E-state index in [1.165, 1.54) is 0 Å². The molecule has 0 radical (unpaired) electrons. The van der Waals surface area contributed by atoms with Gasteiger partial charge in [0.15, 0.2) is 0 Å². The molecule has 1 heterocycles. The lowest BCUT2D eigenvalue weighted by molar-refractivity contribution is -0.125. The Morgan fingerprint density at radius 3 is 2.71 bits per heavy atom. The zero-order valence-electron chi connectivity index (χ0n) is 16.4. The SMILES string of the molecule is Cc1ccc(CNC(=O)C(C)C(N)c2ccccc2)c(OC2CCOC2)c1.Cl. The molecule has 3 N–H and O–H groups in total. The van der Waals surface area contributed by atoms with Gasteiger partial charge in [0.05, 0.1) is 19.1 Å². The molecule has 0 bridgehead atoms. The van der Waals surface area contributed by atoms with E-state index in [1.807, 2.05) is 62.4 Å². The Hall–Kier alpha value is -2.08. The predicted molar refractivity (Wildman–Crippen MR) is 113 cm³/mol. The largest absolute Gasteiger partial charge is 0.488 e. The number of benzene rings is 2. The monoisotopic (exact) mass is 404 g/mol. The van der Waals surface area contributed by atoms with Crippen molar-refractivity contribution in [2.75, 3.05) is 13.2 Å². The van der Waals surface area contributed by atoms with Gasteiger partial charge in [-0.25, -0.2) is 0 Å². The number of carbonyl (C=O) groups is 1. The van der Waals surface area contributed by atoms with Gasteiger partial charge in [0.25, 0.3) is 0 Å². The van der Waals surface area contributed by atoms with Crippen molar-refractivity contribution in [2.24, 2.45) is 11.7 Å². The number of hydrogen-bond donors (Lipinski definition) is 2. The molecule has 2 aromatic carbocycles. The van der Waals surface area contributed by atoms with Gasteiger partial charge in [-0.3, -0.25) is 4.79 Å². The van der Waals surface area contributed by atoms with Gasteiger partial charge in [0.1, 0.15) is 11.9 Å². The molecule has 5 nitrogen and oxygen atoms in total. The molecule has 1 amide bonds. The lowest BCUT2D eigenvalue weighted by Crippen LogP contribution is -2.35. The highest BCUT2D eigenvalue weighted by molar-refractivity contribution is 5.85. The first-order chi connectivity index (χ1) is 13.0. The summed E-state index contributed by atoms with van der Waals surface area (Å²) in [5.41, 5.74) is 9.31. The molecular weight excluding hydrogens is 376 g/mol. The van der Waals surface area contributed by atoms with E-state index in [-0.39, 0.29) is 36.4 Å². The van der Waals surface area contributed by atoms with Crippen LogP contribution in [0.15, 0.2) is 48.5 Å². The van der Waals surface area contributed by atoms with Crippen LogP contribution in [0.4, 0.5) is 0 Å². The summed E-state index contributed by atoms with van der Waals surface area (Å²) in [6.07, 6.45) is 0.967. The van der Waals surface area contributed by atoms with E-state index in [2.05, 4.69) is 5.32 Å². The fraction of sp³-hybridized carbons (Fsp3) is 0.409. The molecule has 1 fully saturated rings. The van der Waals surface area contributed by atoms with Crippen LogP contribution < -0.4 is 15.8 Å². The minimum atomic E-state index is -0.337. The molecule has 0 spiro atoms. The molecule has 0 aliphatic carbocycles. The Balaban J connectivity index is 0.00000280. The summed E-state index contributed by atoms with van der Waals surface area (Å²) in [6, 6.07) is 15.4. The second-order valence-electron chi connectivity index (χ2n) is 7.16. The first kappa shape index (κ1) is 22.2. The highest BCUT2D eigenvalue weighted by Crippen LogP contribution is 2.24. The maximum absolute atomic E-state index is 12.6. The van der Waals surface area contributed by atoms with E-state index < -0.39 is 0 Å². The summed E-state index contributed by atoms with van der Waals surface area (Å²) < 4.78 is 11.5. The lowest BCUT2D eigenvalue weighted by Gasteiger charge is -2.21. The molecule has 0 saturated carbocycles. The molecule has 3 rings (SSSR count). The number of hydrogen-bond acceptors (Lipinski definition) is 4. The normalized spacial score (nSPS) is 18.0. The zero-order valence-corrected chi connectivity index (χ0v) is 17.2. The number of nitrogens with one attached hydrogen (secondary N) is 1. The second-order valence-corrected chi connectivity index (χ2v) is 7.16. The van der Waals surface area contributed by atoms with Crippen molar-refractivity contribution < 1.29 is 14.3 Å². The fourth-order valence-corrected chi connectivity index (χ4v) is 3.17. The van der Waals surface area contributed by atoms with Crippen molar-refractivity contribution >= 4 is 18.3 Å². The Kier molecular flexibility index (Phi) is 8.30. The molecule has 0 aromatic heterocycles. The predicted octanol–water partition coefficient (Wildman–Crippen LogP) is 3.54. The molecule has 3 atom stereocenters. The van der Waals surface area contributed by atoms with Crippen molar-refractivity contribution in [3.63, 3.8) is 0 Å². The van der Waals surface area contributed by atoms with E-state index in [4.69, 9.17) is 15.2 Å². The highest BCUT2D eigenvalue weighted by atomic mass is 35.5. The van der Waals surface area contributed by atoms with Crippen LogP contribution in [0.5, 0.6) is 5.75 Å². The van der Waals surface area contributed by atoms with Crippen molar-refractivity contribution in [1.82, 2.24) is 5.32 Å². The van der Waals surface area contributed by atoms with E-state index in [0.717, 1.165) is 35.5 Å². The third kappa shape index (κ3) is 5.71. The van der Waals surface area contributed by atoms with Gasteiger partial charge in [-0.1, -0.05) is 49.4 Å². The summed E-state index contributed by atoms with van der Waals surface area (Å²) in [6.45, 7) is 5.64. The molecular formula is C22H29ClN2O3. The summed E-state index contributed by atoms with van der Waals surface area (Å²) in [7, 11) is 0. The minimum Gasteiger partial charge on any atom is -0.488 e. The Bertz CT molecular complexity index is 764. The molecule has 3 unspecified atom stereocenters. The average molecular weight is 405 g/mol. The first-order valence-electron chi connectivity index (χ1n) is 9.46. The Labute approximate surface area is 173 Å². The van der Waals surface area contributed by atoms with Crippen molar-refractivity contribution in [1.29, 1.82) is 0 Å². The first-order valence-corrected chi connectivity index (χ1v) is 9.46. The van der Waals surface area contributed by atoms with Crippen molar-refractivity contribution in [3.8, 4) is 5.75 Å². The van der Waals surface area contributed by atoms with Gasteiger partial charge in [-0.15, -0.1) is 12.4 Å². The van der Waals surface area contributed by atoms with Crippen molar-refractivity contribution in [2.45, 2.75) is 39.0 Å². The van der Waals surface area contributed by atoms with E-state index >= 15 is 0 Å². The van der Waals surface area contributed by atoms with E-state index in [9.17, 15) is 4.79 Å². The Morgan fingerprint density at radius 1 is 1.29 bits per heavy atom. The van der Waals surface area contributed by atoms with Crippen LogP contribution in [-0.4, -0.2) is 25.2 Å². The summed E-state index contributed by atoms with van der Waals surface area (Å²) in [5, 5.41) is 3.00. The number of halogens is 1. The minimum absolute atomic E-state index is 0. The van der Waals surface area contributed by atoms with Crippen molar-refractivity contribution in [3.05, 3.63) is 65.2 Å². The van der Waals surface area contributed by atoms with E-state index in [0.29, 0.717) is 13.2 Å². The lowest BCUT2D eigenvalue weighted by atomic mass is 9.94. The second kappa shape index (κ2) is 10.5. The van der Waals surface area contributed by atoms with Crippen LogP contribution >= 0.6 is 12.4 Å². The third-order valence-electron chi connectivity index (χ3n) is 4.99. The number of ether oxygens (including phenoxy) is 2. The standard InChI is InChI=1S/C22H28N2O3.ClH/c1-15-8-9-18(20(12-15)27-19-10-11-26-14-19)13-24-22(25)16(2)21(23)17-6-4-3-5-7-17;/h3-9,12,16,19,21H,10-11,13-14,23H2,1-2H3,(H,24,25);1H. The van der Waals surface area contributed by atoms with Crippen LogP contribution in [0, 0.1) is 12.8 Å². The van der Waals surface area contributed by atoms with Crippen LogP contribution in [0.1, 0.15) is 36.1 Å². The summed E-state index contributed by atoms with van der Waals surface area (Å²) >= 11 is 0. The van der Waals surface area contributed by atoms with Gasteiger partial charge in [0.2, 0.25) is 5.91 Å². The number of carbonyl (C=O) groups excluding carboxylic acids is 1. The maximum atomic E-state index is 12.6. The van der Waals surface area contributed by atoms with Gasteiger partial charge in [-0.05, 0) is 24.1 Å². The maximum Gasteiger partial charge on any atom is 0.225 e. The van der Waals surface area contributed by atoms with Gasteiger partial charge in [-0.2, -0.15) is 0 Å². The van der Waals surface area contributed by atoms with Crippen LogP contribution in [0.2, 0.25) is 0 Å². The van der Waals surface area contributed by atoms with Gasteiger partial charge in [0, 0.05) is 24.6 Å². The number of amides is 1. The van der Waals surface area contributed by atoms with Crippen LogP contribution in [-0.2, 0) is 16.1 Å². The molecule has 1 aliphatic rings. The smallest absolute Gasteiger partial charge is 0.225 e. The Morgan fingerprint density at radius 2 is 2.04 bits per heavy atom. The fourth-order valence-electron chi connectivity index (χ4n) is 3.17. The highest BCUT2D eigenvalue weighted by Gasteiger charge is 2.23. The molecule has 28 heavy (non-hydrogen) atoms. The zero-order chi connectivity index (χ0) is 19.2. The number of aryl methyl sites for hydroxylation is 1. The molecule has 1 aliphatic heterocycles. The van der Waals surface area contributed by atoms with Crippen LogP contribution in [0.25, 0.3) is 0 Å². The number of rotatable bonds is 7. The van der Waals surface area contributed by atoms with Crippen LogP contribution in [0.3, 0.4) is 0 Å². The summed E-state index contributed by atoms with van der Waals surface area (Å²) in [5.74, 6) is 0.415. The number of nitrogens with two attached hydrogens (primary N) is 1. The topological polar surface area (TPSA) is 73.6 Å². The molecule has 152 valence electrons. The quantitative estimate of drug-likeness (QED) is 0.740. The molecule has 6 heteroatoms. The third-order valence-corrected chi connectivity index (χ3v) is 4.99. The average Bonchev–Trinajstić information content (AvgIpc) is 3.19. The molecule has 2 aromatic rings. The summed E-state index contributed by atoms with van der Waals surface area (Å²) in [4.78, 5) is 12.6. The molecule has 1 saturated heterocycles.